The SMILES string of the molecule is Cl.Cl.O=C(CC1COCCN1)NC1CCN(C2CCCC2)C1. The van der Waals surface area contributed by atoms with E-state index in [1.807, 2.05) is 0 Å². The Labute approximate surface area is 145 Å². The first-order valence-corrected chi connectivity index (χ1v) is 8.16. The highest BCUT2D eigenvalue weighted by molar-refractivity contribution is 5.85. The Morgan fingerprint density at radius 2 is 2.00 bits per heavy atom. The molecule has 3 aliphatic rings. The molecule has 2 atom stereocenters. The number of amides is 1. The Bertz CT molecular complexity index is 335. The van der Waals surface area contributed by atoms with Crippen molar-refractivity contribution in [2.24, 2.45) is 0 Å². The largest absolute Gasteiger partial charge is 0.378 e. The van der Waals surface area contributed by atoms with Gasteiger partial charge in [0.1, 0.15) is 0 Å². The van der Waals surface area contributed by atoms with Gasteiger partial charge in [-0.05, 0) is 19.3 Å². The molecule has 1 saturated carbocycles. The molecule has 0 aromatic carbocycles. The van der Waals surface area contributed by atoms with Crippen LogP contribution >= 0.6 is 24.8 Å². The minimum absolute atomic E-state index is 0. The van der Waals surface area contributed by atoms with E-state index in [1.165, 1.54) is 25.7 Å². The fourth-order valence-corrected chi connectivity index (χ4v) is 3.77. The second-order valence-electron chi connectivity index (χ2n) is 6.42. The average Bonchev–Trinajstić information content (AvgIpc) is 3.10. The number of carbonyl (C=O) groups excluding carboxylic acids is 1. The van der Waals surface area contributed by atoms with Gasteiger partial charge >= 0.3 is 0 Å². The molecular formula is C15H29Cl2N3O2. The van der Waals surface area contributed by atoms with Crippen LogP contribution in [0.3, 0.4) is 0 Å². The molecule has 3 fully saturated rings. The maximum Gasteiger partial charge on any atom is 0.221 e. The lowest BCUT2D eigenvalue weighted by atomic mass is 10.1. The summed E-state index contributed by atoms with van der Waals surface area (Å²) < 4.78 is 5.39. The third-order valence-corrected chi connectivity index (χ3v) is 4.86. The van der Waals surface area contributed by atoms with Crippen LogP contribution in [-0.2, 0) is 9.53 Å². The van der Waals surface area contributed by atoms with Crippen molar-refractivity contribution in [2.75, 3.05) is 32.8 Å². The highest BCUT2D eigenvalue weighted by Crippen LogP contribution is 2.26. The molecule has 3 rings (SSSR count). The number of ether oxygens (including phenoxy) is 1. The molecule has 0 bridgehead atoms. The zero-order valence-corrected chi connectivity index (χ0v) is 14.7. The van der Waals surface area contributed by atoms with Crippen molar-refractivity contribution in [2.45, 2.75) is 56.7 Å². The molecule has 7 heteroatoms. The summed E-state index contributed by atoms with van der Waals surface area (Å²) in [5.41, 5.74) is 0. The van der Waals surface area contributed by atoms with Crippen LogP contribution < -0.4 is 10.6 Å². The summed E-state index contributed by atoms with van der Waals surface area (Å²) in [6.45, 7) is 4.48. The second kappa shape index (κ2) is 9.93. The lowest BCUT2D eigenvalue weighted by molar-refractivity contribution is -0.122. The molecule has 22 heavy (non-hydrogen) atoms. The van der Waals surface area contributed by atoms with E-state index < -0.39 is 0 Å². The third-order valence-electron chi connectivity index (χ3n) is 4.86. The van der Waals surface area contributed by atoms with Gasteiger partial charge in [-0.15, -0.1) is 24.8 Å². The Kier molecular flexibility index (Phi) is 9.02. The van der Waals surface area contributed by atoms with Gasteiger partial charge in [-0.3, -0.25) is 9.69 Å². The second-order valence-corrected chi connectivity index (χ2v) is 6.42. The first-order valence-electron chi connectivity index (χ1n) is 8.16. The molecule has 2 N–H and O–H groups in total. The fraction of sp³-hybridized carbons (Fsp3) is 0.933. The molecule has 0 spiro atoms. The number of likely N-dealkylation sites (tertiary alicyclic amines) is 1. The number of rotatable bonds is 4. The van der Waals surface area contributed by atoms with Crippen LogP contribution in [0.1, 0.15) is 38.5 Å². The minimum Gasteiger partial charge on any atom is -0.378 e. The van der Waals surface area contributed by atoms with Gasteiger partial charge < -0.3 is 15.4 Å². The summed E-state index contributed by atoms with van der Waals surface area (Å²) in [4.78, 5) is 14.7. The lowest BCUT2D eigenvalue weighted by Gasteiger charge is -2.25. The molecule has 2 unspecified atom stereocenters. The maximum atomic E-state index is 12.1. The van der Waals surface area contributed by atoms with E-state index in [0.717, 1.165) is 38.7 Å². The predicted molar refractivity (Wildman–Crippen MR) is 92.1 cm³/mol. The van der Waals surface area contributed by atoms with Crippen molar-refractivity contribution >= 4 is 30.7 Å². The monoisotopic (exact) mass is 353 g/mol. The van der Waals surface area contributed by atoms with E-state index in [2.05, 4.69) is 15.5 Å². The highest BCUT2D eigenvalue weighted by atomic mass is 35.5. The first-order chi connectivity index (χ1) is 9.81. The fourth-order valence-electron chi connectivity index (χ4n) is 3.77. The highest BCUT2D eigenvalue weighted by Gasteiger charge is 2.30. The van der Waals surface area contributed by atoms with Gasteiger partial charge in [0.05, 0.1) is 13.2 Å². The molecule has 0 radical (unpaired) electrons. The van der Waals surface area contributed by atoms with Crippen LogP contribution in [-0.4, -0.2) is 61.8 Å². The Hall–Kier alpha value is -0.0700. The average molecular weight is 354 g/mol. The summed E-state index contributed by atoms with van der Waals surface area (Å²) in [6, 6.07) is 1.33. The molecule has 5 nitrogen and oxygen atoms in total. The van der Waals surface area contributed by atoms with Crippen molar-refractivity contribution in [1.29, 1.82) is 0 Å². The van der Waals surface area contributed by atoms with Gasteiger partial charge in [-0.1, -0.05) is 12.8 Å². The van der Waals surface area contributed by atoms with E-state index in [-0.39, 0.29) is 36.8 Å². The summed E-state index contributed by atoms with van der Waals surface area (Å²) in [6.07, 6.45) is 7.11. The number of morpholine rings is 1. The number of halogens is 2. The van der Waals surface area contributed by atoms with Crippen molar-refractivity contribution < 1.29 is 9.53 Å². The number of nitrogens with one attached hydrogen (secondary N) is 2. The van der Waals surface area contributed by atoms with E-state index in [0.29, 0.717) is 19.1 Å². The summed E-state index contributed by atoms with van der Waals surface area (Å²) in [5.74, 6) is 0.172. The quantitative estimate of drug-likeness (QED) is 0.800. The number of carbonyl (C=O) groups is 1. The molecule has 0 aromatic rings. The molecule has 1 amide bonds. The van der Waals surface area contributed by atoms with Crippen LogP contribution in [0.4, 0.5) is 0 Å². The van der Waals surface area contributed by atoms with Crippen LogP contribution in [0.15, 0.2) is 0 Å². The summed E-state index contributed by atoms with van der Waals surface area (Å²) in [5, 5.41) is 6.54. The van der Waals surface area contributed by atoms with Crippen molar-refractivity contribution in [1.82, 2.24) is 15.5 Å². The van der Waals surface area contributed by atoms with Gasteiger partial charge in [0.2, 0.25) is 5.91 Å². The number of hydrogen-bond acceptors (Lipinski definition) is 4. The van der Waals surface area contributed by atoms with Crippen molar-refractivity contribution in [3.05, 3.63) is 0 Å². The smallest absolute Gasteiger partial charge is 0.221 e. The summed E-state index contributed by atoms with van der Waals surface area (Å²) in [7, 11) is 0. The van der Waals surface area contributed by atoms with E-state index in [1.54, 1.807) is 0 Å². The number of nitrogens with zero attached hydrogens (tertiary/aromatic N) is 1. The van der Waals surface area contributed by atoms with Crippen molar-refractivity contribution in [3.8, 4) is 0 Å². The van der Waals surface area contributed by atoms with Crippen molar-refractivity contribution in [3.63, 3.8) is 0 Å². The van der Waals surface area contributed by atoms with Crippen LogP contribution in [0.2, 0.25) is 0 Å². The van der Waals surface area contributed by atoms with Crippen LogP contribution in [0.5, 0.6) is 0 Å². The summed E-state index contributed by atoms with van der Waals surface area (Å²) >= 11 is 0. The van der Waals surface area contributed by atoms with E-state index in [9.17, 15) is 4.79 Å². The molecule has 1 aliphatic carbocycles. The van der Waals surface area contributed by atoms with Gasteiger partial charge in [-0.25, -0.2) is 0 Å². The van der Waals surface area contributed by atoms with Crippen LogP contribution in [0.25, 0.3) is 0 Å². The molecule has 2 heterocycles. The zero-order valence-electron chi connectivity index (χ0n) is 13.1. The Morgan fingerprint density at radius 3 is 2.68 bits per heavy atom. The predicted octanol–water partition coefficient (Wildman–Crippen LogP) is 1.34. The third kappa shape index (κ3) is 5.53. The van der Waals surface area contributed by atoms with Gasteiger partial charge in [0.25, 0.3) is 0 Å². The molecule has 2 saturated heterocycles. The Morgan fingerprint density at radius 1 is 1.23 bits per heavy atom. The standard InChI is InChI=1S/C15H27N3O2.2ClH/c19-15(9-13-11-20-8-6-16-13)17-12-5-7-18(10-12)14-3-1-2-4-14;;/h12-14,16H,1-11H2,(H,17,19);2*1H. The van der Waals surface area contributed by atoms with E-state index >= 15 is 0 Å². The Balaban J connectivity index is 0.00000121. The molecular weight excluding hydrogens is 325 g/mol. The normalized spacial score (nSPS) is 29.6. The molecule has 2 aliphatic heterocycles. The van der Waals surface area contributed by atoms with Gasteiger partial charge in [-0.2, -0.15) is 0 Å². The topological polar surface area (TPSA) is 53.6 Å². The van der Waals surface area contributed by atoms with Crippen LogP contribution in [0, 0.1) is 0 Å². The molecule has 130 valence electrons. The lowest BCUT2D eigenvalue weighted by Crippen LogP contribution is -2.46. The minimum atomic E-state index is 0. The first kappa shape index (κ1) is 20.0. The van der Waals surface area contributed by atoms with E-state index in [4.69, 9.17) is 4.74 Å². The maximum absolute atomic E-state index is 12.1. The number of hydrogen-bond donors (Lipinski definition) is 2. The van der Waals surface area contributed by atoms with Gasteiger partial charge in [0.15, 0.2) is 0 Å². The molecule has 0 aromatic heterocycles. The zero-order chi connectivity index (χ0) is 13.8. The van der Waals surface area contributed by atoms with Gasteiger partial charge in [0, 0.05) is 44.2 Å².